The molecule has 0 aliphatic rings. The average Bonchev–Trinajstić information content (AvgIpc) is 2.32. The molecule has 0 aromatic heterocycles. The van der Waals surface area contributed by atoms with E-state index in [4.69, 9.17) is 4.74 Å². The number of nitrogens with two attached hydrogens (primary N) is 1. The van der Waals surface area contributed by atoms with Crippen LogP contribution in [0.2, 0.25) is 0 Å². The lowest BCUT2D eigenvalue weighted by Crippen LogP contribution is -2.89. The molecule has 1 rings (SSSR count). The molecule has 96 valence electrons. The number of ether oxygens (including phenoxy) is 1. The fourth-order valence-electron chi connectivity index (χ4n) is 1.70. The highest BCUT2D eigenvalue weighted by atomic mass is 16.5. The summed E-state index contributed by atoms with van der Waals surface area (Å²) in [6, 6.07) is 7.10. The van der Waals surface area contributed by atoms with E-state index in [2.05, 4.69) is 51.2 Å². The van der Waals surface area contributed by atoms with Gasteiger partial charge in [-0.05, 0) is 44.4 Å². The van der Waals surface area contributed by atoms with Crippen LogP contribution < -0.4 is 10.1 Å². The Bertz CT molecular complexity index is 336. The van der Waals surface area contributed by atoms with Gasteiger partial charge >= 0.3 is 0 Å². The van der Waals surface area contributed by atoms with E-state index < -0.39 is 0 Å². The van der Waals surface area contributed by atoms with Crippen molar-refractivity contribution in [2.24, 2.45) is 0 Å². The highest BCUT2D eigenvalue weighted by Crippen LogP contribution is 2.18. The molecule has 0 saturated carbocycles. The molecule has 0 heterocycles. The van der Waals surface area contributed by atoms with Crippen LogP contribution in [0.5, 0.6) is 5.75 Å². The van der Waals surface area contributed by atoms with E-state index in [1.165, 1.54) is 17.5 Å². The predicted molar refractivity (Wildman–Crippen MR) is 72.6 cm³/mol. The summed E-state index contributed by atoms with van der Waals surface area (Å²) in [5.74, 6) is 1.04. The molecule has 0 saturated heterocycles. The summed E-state index contributed by atoms with van der Waals surface area (Å²) < 4.78 is 5.81. The van der Waals surface area contributed by atoms with Gasteiger partial charge in [0.2, 0.25) is 0 Å². The van der Waals surface area contributed by atoms with Crippen LogP contribution in [0.15, 0.2) is 18.2 Å². The highest BCUT2D eigenvalue weighted by molar-refractivity contribution is 5.35. The van der Waals surface area contributed by atoms with Gasteiger partial charge in [-0.2, -0.15) is 0 Å². The summed E-state index contributed by atoms with van der Waals surface area (Å²) in [5, 5.41) is 2.40. The lowest BCUT2D eigenvalue weighted by molar-refractivity contribution is -0.686. The van der Waals surface area contributed by atoms with E-state index in [1.807, 2.05) is 0 Å². The van der Waals surface area contributed by atoms with Crippen LogP contribution in [0.3, 0.4) is 0 Å². The minimum atomic E-state index is 0.732. The minimum Gasteiger partial charge on any atom is -0.493 e. The summed E-state index contributed by atoms with van der Waals surface area (Å²) in [4.78, 5) is 0. The summed E-state index contributed by atoms with van der Waals surface area (Å²) in [7, 11) is 0. The normalized spacial score (nSPS) is 12.5. The molecule has 0 radical (unpaired) electrons. The van der Waals surface area contributed by atoms with Crippen LogP contribution in [-0.4, -0.2) is 19.2 Å². The third-order valence-corrected chi connectivity index (χ3v) is 3.16. The van der Waals surface area contributed by atoms with Gasteiger partial charge in [0.05, 0.1) is 19.2 Å². The molecule has 2 heteroatoms. The first-order chi connectivity index (χ1) is 8.13. The molecular weight excluding hydrogens is 210 g/mol. The molecule has 2 nitrogen and oxygen atoms in total. The van der Waals surface area contributed by atoms with Crippen LogP contribution in [0.25, 0.3) is 0 Å². The number of hydrogen-bond donors (Lipinski definition) is 1. The van der Waals surface area contributed by atoms with E-state index in [0.717, 1.165) is 31.4 Å². The minimum absolute atomic E-state index is 0.732. The molecule has 0 aliphatic carbocycles. The number of quaternary nitrogens is 1. The topological polar surface area (TPSA) is 25.8 Å². The lowest BCUT2D eigenvalue weighted by atomic mass is 10.1. The predicted octanol–water partition coefficient (Wildman–Crippen LogP) is 2.43. The Kier molecular flexibility index (Phi) is 6.06. The molecule has 1 atom stereocenters. The van der Waals surface area contributed by atoms with Gasteiger partial charge < -0.3 is 10.1 Å². The molecule has 0 amide bonds. The number of benzene rings is 1. The molecule has 0 aliphatic heterocycles. The summed E-state index contributed by atoms with van der Waals surface area (Å²) >= 11 is 0. The zero-order chi connectivity index (χ0) is 12.7. The average molecular weight is 236 g/mol. The highest BCUT2D eigenvalue weighted by Gasteiger charge is 2.02. The fraction of sp³-hybridized carbons (Fsp3) is 0.600. The van der Waals surface area contributed by atoms with Gasteiger partial charge in [0, 0.05) is 6.42 Å². The van der Waals surface area contributed by atoms with Gasteiger partial charge in [0.1, 0.15) is 5.75 Å². The standard InChI is InChI=1S/C15H25NO/c1-5-14(4)16-9-6-10-17-15-11-12(2)7-8-13(15)3/h7-8,11,14,16H,5-6,9-10H2,1-4H3/p+1/t14-/m1/s1. The van der Waals surface area contributed by atoms with Gasteiger partial charge in [0.25, 0.3) is 0 Å². The number of hydrogen-bond acceptors (Lipinski definition) is 1. The van der Waals surface area contributed by atoms with Crippen molar-refractivity contribution in [2.45, 2.75) is 46.6 Å². The van der Waals surface area contributed by atoms with Crippen LogP contribution >= 0.6 is 0 Å². The summed E-state index contributed by atoms with van der Waals surface area (Å²) in [6.07, 6.45) is 2.34. The monoisotopic (exact) mass is 236 g/mol. The van der Waals surface area contributed by atoms with E-state index in [0.29, 0.717) is 0 Å². The Hall–Kier alpha value is -1.02. The van der Waals surface area contributed by atoms with Crippen LogP contribution in [0.4, 0.5) is 0 Å². The molecule has 0 spiro atoms. The van der Waals surface area contributed by atoms with Crippen molar-refractivity contribution >= 4 is 0 Å². The van der Waals surface area contributed by atoms with Crippen molar-refractivity contribution in [1.29, 1.82) is 0 Å². The maximum Gasteiger partial charge on any atom is 0.122 e. The zero-order valence-corrected chi connectivity index (χ0v) is 11.6. The lowest BCUT2D eigenvalue weighted by Gasteiger charge is -2.11. The molecule has 0 bridgehead atoms. The van der Waals surface area contributed by atoms with Gasteiger partial charge in [-0.3, -0.25) is 0 Å². The Balaban J connectivity index is 2.24. The van der Waals surface area contributed by atoms with E-state index >= 15 is 0 Å². The Labute approximate surface area is 105 Å². The largest absolute Gasteiger partial charge is 0.493 e. The number of aryl methyl sites for hydroxylation is 2. The summed E-state index contributed by atoms with van der Waals surface area (Å²) in [5.41, 5.74) is 2.48. The van der Waals surface area contributed by atoms with Crippen molar-refractivity contribution in [3.05, 3.63) is 29.3 Å². The zero-order valence-electron chi connectivity index (χ0n) is 11.6. The second-order valence-corrected chi connectivity index (χ2v) is 4.88. The molecule has 0 unspecified atom stereocenters. The SMILES string of the molecule is CC[C@@H](C)[NH2+]CCCOc1cc(C)ccc1C. The van der Waals surface area contributed by atoms with Gasteiger partial charge in [0.15, 0.2) is 0 Å². The van der Waals surface area contributed by atoms with E-state index in [1.54, 1.807) is 0 Å². The molecule has 2 N–H and O–H groups in total. The molecule has 1 aromatic carbocycles. The Morgan fingerprint density at radius 1 is 1.29 bits per heavy atom. The first-order valence-corrected chi connectivity index (χ1v) is 6.67. The first-order valence-electron chi connectivity index (χ1n) is 6.67. The van der Waals surface area contributed by atoms with Crippen LogP contribution in [0, 0.1) is 13.8 Å². The van der Waals surface area contributed by atoms with Crippen LogP contribution in [-0.2, 0) is 0 Å². The smallest absolute Gasteiger partial charge is 0.122 e. The van der Waals surface area contributed by atoms with Crippen molar-refractivity contribution in [3.8, 4) is 5.75 Å². The van der Waals surface area contributed by atoms with Gasteiger partial charge in [-0.15, -0.1) is 0 Å². The van der Waals surface area contributed by atoms with E-state index in [-0.39, 0.29) is 0 Å². The third kappa shape index (κ3) is 5.22. The van der Waals surface area contributed by atoms with Crippen molar-refractivity contribution < 1.29 is 10.1 Å². The van der Waals surface area contributed by atoms with Crippen molar-refractivity contribution in [1.82, 2.24) is 0 Å². The number of rotatable bonds is 7. The van der Waals surface area contributed by atoms with Crippen molar-refractivity contribution in [2.75, 3.05) is 13.2 Å². The van der Waals surface area contributed by atoms with Crippen LogP contribution in [0.1, 0.15) is 37.8 Å². The maximum atomic E-state index is 5.81. The Morgan fingerprint density at radius 3 is 2.76 bits per heavy atom. The van der Waals surface area contributed by atoms with E-state index in [9.17, 15) is 0 Å². The molecule has 0 fully saturated rings. The molecule has 17 heavy (non-hydrogen) atoms. The van der Waals surface area contributed by atoms with Crippen molar-refractivity contribution in [3.63, 3.8) is 0 Å². The Morgan fingerprint density at radius 2 is 2.06 bits per heavy atom. The molecular formula is C15H26NO+. The van der Waals surface area contributed by atoms with Gasteiger partial charge in [-0.25, -0.2) is 0 Å². The molecule has 1 aromatic rings. The first kappa shape index (κ1) is 14.0. The third-order valence-electron chi connectivity index (χ3n) is 3.16. The second kappa shape index (κ2) is 7.33. The second-order valence-electron chi connectivity index (χ2n) is 4.88. The maximum absolute atomic E-state index is 5.81. The fourth-order valence-corrected chi connectivity index (χ4v) is 1.70. The summed E-state index contributed by atoms with van der Waals surface area (Å²) in [6.45, 7) is 10.7. The van der Waals surface area contributed by atoms with Gasteiger partial charge in [-0.1, -0.05) is 19.1 Å². The quantitative estimate of drug-likeness (QED) is 0.723.